The monoisotopic (exact) mass is 572 g/mol. The van der Waals surface area contributed by atoms with Gasteiger partial charge in [-0.25, -0.2) is 8.42 Å². The van der Waals surface area contributed by atoms with Crippen LogP contribution in [0, 0.1) is 0 Å². The maximum absolute atomic E-state index is 12.3. The third-order valence-corrected chi connectivity index (χ3v) is 6.35. The summed E-state index contributed by atoms with van der Waals surface area (Å²) in [4.78, 5) is 17.8. The molecule has 0 heterocycles. The highest BCUT2D eigenvalue weighted by Crippen LogP contribution is 2.08. The number of benzene rings is 2. The van der Waals surface area contributed by atoms with Gasteiger partial charge in [-0.1, -0.05) is 42.5 Å². The van der Waals surface area contributed by atoms with E-state index in [4.69, 9.17) is 0 Å². The van der Waals surface area contributed by atoms with Gasteiger partial charge in [0.2, 0.25) is 0 Å². The normalized spacial score (nSPS) is 11.4. The summed E-state index contributed by atoms with van der Waals surface area (Å²) in [6.07, 6.45) is 1.24. The minimum atomic E-state index is -3.14. The number of amides is 1. The molecule has 0 saturated heterocycles. The summed E-state index contributed by atoms with van der Waals surface area (Å²) in [5.41, 5.74) is 2.54. The van der Waals surface area contributed by atoms with Crippen LogP contribution in [0.3, 0.4) is 0 Å². The molecule has 176 valence electrons. The van der Waals surface area contributed by atoms with Gasteiger partial charge in [0.05, 0.1) is 11.5 Å². The highest BCUT2D eigenvalue weighted by molar-refractivity contribution is 14.0. The van der Waals surface area contributed by atoms with Crippen molar-refractivity contribution in [2.24, 2.45) is 4.99 Å². The molecule has 2 aromatic rings. The van der Waals surface area contributed by atoms with Crippen LogP contribution in [0.25, 0.3) is 0 Å². The van der Waals surface area contributed by atoms with Crippen LogP contribution < -0.4 is 10.6 Å². The van der Waals surface area contributed by atoms with Crippen molar-refractivity contribution < 1.29 is 13.2 Å². The molecule has 2 N–H and O–H groups in total. The van der Waals surface area contributed by atoms with Crippen molar-refractivity contribution in [3.8, 4) is 0 Å². The van der Waals surface area contributed by atoms with Crippen LogP contribution >= 0.6 is 24.0 Å². The highest BCUT2D eigenvalue weighted by Gasteiger charge is 2.12. The molecule has 0 atom stereocenters. The zero-order chi connectivity index (χ0) is 22.7. The first-order valence-electron chi connectivity index (χ1n) is 10.3. The number of hydrogen-bond donors (Lipinski definition) is 2. The Morgan fingerprint density at radius 1 is 0.969 bits per heavy atom. The zero-order valence-corrected chi connectivity index (χ0v) is 22.0. The summed E-state index contributed by atoms with van der Waals surface area (Å²) in [6.45, 7) is 1.16. The van der Waals surface area contributed by atoms with Gasteiger partial charge in [0.15, 0.2) is 15.8 Å². The van der Waals surface area contributed by atoms with E-state index >= 15 is 0 Å². The number of guanidine groups is 1. The molecule has 0 unspecified atom stereocenters. The lowest BCUT2D eigenvalue weighted by Gasteiger charge is -2.13. The number of nitrogens with one attached hydrogen (secondary N) is 2. The van der Waals surface area contributed by atoms with Gasteiger partial charge in [0.25, 0.3) is 5.91 Å². The molecule has 1 amide bonds. The van der Waals surface area contributed by atoms with Gasteiger partial charge in [0, 0.05) is 39.8 Å². The Bertz CT molecular complexity index is 980. The topological polar surface area (TPSA) is 90.9 Å². The van der Waals surface area contributed by atoms with Crippen LogP contribution in [0.1, 0.15) is 27.9 Å². The van der Waals surface area contributed by atoms with Crippen molar-refractivity contribution >= 4 is 45.7 Å². The summed E-state index contributed by atoms with van der Waals surface area (Å²) in [6, 6.07) is 16.8. The lowest BCUT2D eigenvalue weighted by molar-refractivity contribution is 0.0827. The standard InChI is InChI=1S/C23H32N4O3S.HI/c1-24-23(25-14-8-16-31(29,30)18-20-9-5-4-6-10-20)26-15-13-19-11-7-12-21(17-19)22(28)27(2)3;/h4-7,9-12,17H,8,13-16,18H2,1-3H3,(H2,24,25,26);1H. The smallest absolute Gasteiger partial charge is 0.253 e. The fraction of sp³-hybridized carbons (Fsp3) is 0.391. The molecule has 2 aromatic carbocycles. The lowest BCUT2D eigenvalue weighted by atomic mass is 10.1. The number of carbonyl (C=O) groups is 1. The zero-order valence-electron chi connectivity index (χ0n) is 18.9. The van der Waals surface area contributed by atoms with E-state index in [0.29, 0.717) is 31.0 Å². The molecule has 9 heteroatoms. The molecular formula is C23H33IN4O3S. The number of nitrogens with zero attached hydrogens (tertiary/aromatic N) is 2. The van der Waals surface area contributed by atoms with E-state index in [1.807, 2.05) is 54.6 Å². The predicted octanol–water partition coefficient (Wildman–Crippen LogP) is 2.72. The van der Waals surface area contributed by atoms with Crippen molar-refractivity contribution in [2.45, 2.75) is 18.6 Å². The Labute approximate surface area is 208 Å². The van der Waals surface area contributed by atoms with Crippen LogP contribution in [0.4, 0.5) is 0 Å². The summed E-state index contributed by atoms with van der Waals surface area (Å²) in [5.74, 6) is 0.796. The van der Waals surface area contributed by atoms with Crippen molar-refractivity contribution in [1.29, 1.82) is 0 Å². The molecule has 2 rings (SSSR count). The van der Waals surface area contributed by atoms with Gasteiger partial charge in [-0.15, -0.1) is 24.0 Å². The molecule has 0 saturated carbocycles. The van der Waals surface area contributed by atoms with Gasteiger partial charge in [0.1, 0.15) is 0 Å². The first kappa shape index (κ1) is 27.9. The summed E-state index contributed by atoms with van der Waals surface area (Å²) in [7, 11) is 2.01. The van der Waals surface area contributed by atoms with E-state index < -0.39 is 9.84 Å². The molecule has 0 radical (unpaired) electrons. The Morgan fingerprint density at radius 3 is 2.28 bits per heavy atom. The first-order valence-corrected chi connectivity index (χ1v) is 12.1. The molecule has 0 fully saturated rings. The van der Waals surface area contributed by atoms with Crippen molar-refractivity contribution in [3.05, 3.63) is 71.3 Å². The average molecular weight is 573 g/mol. The van der Waals surface area contributed by atoms with Crippen molar-refractivity contribution in [1.82, 2.24) is 15.5 Å². The lowest BCUT2D eigenvalue weighted by Crippen LogP contribution is -2.39. The van der Waals surface area contributed by atoms with E-state index in [-0.39, 0.29) is 41.4 Å². The summed E-state index contributed by atoms with van der Waals surface area (Å²) < 4.78 is 24.5. The summed E-state index contributed by atoms with van der Waals surface area (Å²) >= 11 is 0. The average Bonchev–Trinajstić information content (AvgIpc) is 2.75. The quantitative estimate of drug-likeness (QED) is 0.198. The molecular weight excluding hydrogens is 539 g/mol. The molecule has 0 aliphatic rings. The van der Waals surface area contributed by atoms with E-state index in [9.17, 15) is 13.2 Å². The van der Waals surface area contributed by atoms with Crippen LogP contribution in [-0.2, 0) is 22.0 Å². The molecule has 0 aliphatic carbocycles. The number of halogens is 1. The fourth-order valence-corrected chi connectivity index (χ4v) is 4.49. The molecule has 32 heavy (non-hydrogen) atoms. The molecule has 7 nitrogen and oxygen atoms in total. The third-order valence-electron chi connectivity index (χ3n) is 4.66. The van der Waals surface area contributed by atoms with Gasteiger partial charge in [-0.2, -0.15) is 0 Å². The maximum Gasteiger partial charge on any atom is 0.253 e. The van der Waals surface area contributed by atoms with E-state index in [0.717, 1.165) is 17.5 Å². The largest absolute Gasteiger partial charge is 0.356 e. The van der Waals surface area contributed by atoms with Crippen molar-refractivity contribution in [2.75, 3.05) is 40.0 Å². The van der Waals surface area contributed by atoms with E-state index in [2.05, 4.69) is 15.6 Å². The molecule has 0 aromatic heterocycles. The Hall–Kier alpha value is -2.14. The first-order chi connectivity index (χ1) is 14.8. The number of hydrogen-bond acceptors (Lipinski definition) is 4. The van der Waals surface area contributed by atoms with Crippen LogP contribution in [0.15, 0.2) is 59.6 Å². The minimum Gasteiger partial charge on any atom is -0.356 e. The second kappa shape index (κ2) is 14.1. The Kier molecular flexibility index (Phi) is 12.3. The minimum absolute atomic E-state index is 0. The van der Waals surface area contributed by atoms with E-state index in [1.54, 1.807) is 26.0 Å². The molecule has 0 spiro atoms. The molecule has 0 aliphatic heterocycles. The van der Waals surface area contributed by atoms with Crippen LogP contribution in [-0.4, -0.2) is 65.2 Å². The Morgan fingerprint density at radius 2 is 1.62 bits per heavy atom. The second-order valence-corrected chi connectivity index (χ2v) is 9.69. The number of rotatable bonds is 10. The number of sulfone groups is 1. The summed E-state index contributed by atoms with van der Waals surface area (Å²) in [5, 5.41) is 6.37. The maximum atomic E-state index is 12.3. The predicted molar refractivity (Wildman–Crippen MR) is 141 cm³/mol. The number of carbonyl (C=O) groups excluding carboxylic acids is 1. The highest BCUT2D eigenvalue weighted by atomic mass is 127. The molecule has 0 bridgehead atoms. The number of aliphatic imine (C=N–C) groups is 1. The third kappa shape index (κ3) is 9.99. The van der Waals surface area contributed by atoms with E-state index in [1.165, 1.54) is 0 Å². The van der Waals surface area contributed by atoms with Crippen LogP contribution in [0.5, 0.6) is 0 Å². The van der Waals surface area contributed by atoms with Crippen molar-refractivity contribution in [3.63, 3.8) is 0 Å². The fourth-order valence-electron chi connectivity index (χ4n) is 3.06. The van der Waals surface area contributed by atoms with Gasteiger partial charge < -0.3 is 15.5 Å². The van der Waals surface area contributed by atoms with Gasteiger partial charge >= 0.3 is 0 Å². The van der Waals surface area contributed by atoms with Gasteiger partial charge in [-0.3, -0.25) is 9.79 Å². The van der Waals surface area contributed by atoms with Gasteiger partial charge in [-0.05, 0) is 36.1 Å². The Balaban J connectivity index is 0.00000512. The SMILES string of the molecule is CN=C(NCCCS(=O)(=O)Cc1ccccc1)NCCc1cccc(C(=O)N(C)C)c1.I. The second-order valence-electron chi connectivity index (χ2n) is 7.51. The van der Waals surface area contributed by atoms with Crippen LogP contribution in [0.2, 0.25) is 0 Å².